The summed E-state index contributed by atoms with van der Waals surface area (Å²) in [5.74, 6) is -0.654. The lowest BCUT2D eigenvalue weighted by atomic mass is 10.1. The molecule has 0 radical (unpaired) electrons. The second-order valence-corrected chi connectivity index (χ2v) is 5.72. The first-order valence-corrected chi connectivity index (χ1v) is 7.03. The minimum Gasteiger partial charge on any atom is -0.296 e. The zero-order valence-corrected chi connectivity index (χ0v) is 12.2. The lowest BCUT2D eigenvalue weighted by Crippen LogP contribution is -2.14. The first-order chi connectivity index (χ1) is 10.0. The predicted octanol–water partition coefficient (Wildman–Crippen LogP) is 3.09. The van der Waals surface area contributed by atoms with Crippen molar-refractivity contribution in [1.29, 1.82) is 0 Å². The molecule has 7 heteroatoms. The van der Waals surface area contributed by atoms with E-state index in [1.54, 1.807) is 19.1 Å². The summed E-state index contributed by atoms with van der Waals surface area (Å²) < 4.78 is 13.2. The number of aryl methyl sites for hydroxylation is 2. The molecule has 0 aliphatic rings. The van der Waals surface area contributed by atoms with E-state index in [1.165, 1.54) is 23.5 Å². The maximum atomic E-state index is 13.2. The summed E-state index contributed by atoms with van der Waals surface area (Å²) in [6, 6.07) is 5.98. The van der Waals surface area contributed by atoms with Gasteiger partial charge in [0, 0.05) is 11.5 Å². The van der Waals surface area contributed by atoms with Crippen molar-refractivity contribution < 1.29 is 9.18 Å². The van der Waals surface area contributed by atoms with Crippen LogP contribution < -0.4 is 5.32 Å². The fraction of sp³-hybridized carbons (Fsp3) is 0.143. The monoisotopic (exact) mass is 302 g/mol. The van der Waals surface area contributed by atoms with Gasteiger partial charge in [-0.3, -0.25) is 15.1 Å². The Hall–Kier alpha value is -2.41. The zero-order chi connectivity index (χ0) is 15.0. The van der Waals surface area contributed by atoms with Gasteiger partial charge in [-0.2, -0.15) is 0 Å². The Balaban J connectivity index is 1.97. The van der Waals surface area contributed by atoms with Crippen molar-refractivity contribution in [3.8, 4) is 0 Å². The molecule has 3 aromatic rings. The summed E-state index contributed by atoms with van der Waals surface area (Å²) in [7, 11) is 0. The molecule has 0 spiro atoms. The van der Waals surface area contributed by atoms with Gasteiger partial charge in [-0.25, -0.2) is 4.39 Å². The topological polar surface area (TPSA) is 67.8 Å². The van der Waals surface area contributed by atoms with Crippen molar-refractivity contribution in [3.63, 3.8) is 0 Å². The highest BCUT2D eigenvalue weighted by Gasteiger charge is 2.14. The van der Waals surface area contributed by atoms with E-state index < -0.39 is 0 Å². The quantitative estimate of drug-likeness (QED) is 0.790. The number of rotatable bonds is 2. The Labute approximate surface area is 123 Å². The van der Waals surface area contributed by atoms with Crippen molar-refractivity contribution in [3.05, 3.63) is 46.3 Å². The van der Waals surface area contributed by atoms with Gasteiger partial charge in [0.25, 0.3) is 5.91 Å². The fourth-order valence-electron chi connectivity index (χ4n) is 1.98. The highest BCUT2D eigenvalue weighted by molar-refractivity contribution is 7.15. The van der Waals surface area contributed by atoms with Gasteiger partial charge in [0.05, 0.1) is 16.8 Å². The van der Waals surface area contributed by atoms with Gasteiger partial charge in [0.2, 0.25) is 5.13 Å². The van der Waals surface area contributed by atoms with Crippen molar-refractivity contribution in [2.45, 2.75) is 13.8 Å². The molecule has 0 bridgehead atoms. The van der Waals surface area contributed by atoms with Crippen LogP contribution in [-0.4, -0.2) is 21.1 Å². The fourth-order valence-corrected chi connectivity index (χ4v) is 2.56. The molecule has 0 saturated carbocycles. The number of fused-ring (bicyclic) bond motifs is 1. The predicted molar refractivity (Wildman–Crippen MR) is 79.0 cm³/mol. The number of carbonyl (C=O) groups excluding carboxylic acids is 1. The molecule has 0 unspecified atom stereocenters. The molecule has 5 nitrogen and oxygen atoms in total. The molecule has 0 saturated heterocycles. The summed E-state index contributed by atoms with van der Waals surface area (Å²) in [6.07, 6.45) is 0. The van der Waals surface area contributed by atoms with Crippen LogP contribution in [0.3, 0.4) is 0 Å². The number of anilines is 1. The number of halogens is 1. The number of amides is 1. The summed E-state index contributed by atoms with van der Waals surface area (Å²) in [5.41, 5.74) is 1.49. The Morgan fingerprint density at radius 1 is 1.24 bits per heavy atom. The van der Waals surface area contributed by atoms with Crippen molar-refractivity contribution in [2.75, 3.05) is 5.32 Å². The molecule has 0 fully saturated rings. The number of hydrogen-bond donors (Lipinski definition) is 1. The van der Waals surface area contributed by atoms with E-state index in [1.807, 2.05) is 6.92 Å². The number of pyridine rings is 1. The van der Waals surface area contributed by atoms with Gasteiger partial charge in [-0.1, -0.05) is 11.3 Å². The van der Waals surface area contributed by atoms with Crippen LogP contribution >= 0.6 is 11.3 Å². The molecule has 2 heterocycles. The smallest absolute Gasteiger partial charge is 0.259 e. The molecule has 1 N–H and O–H groups in total. The maximum Gasteiger partial charge on any atom is 0.259 e. The van der Waals surface area contributed by atoms with Gasteiger partial charge in [0.1, 0.15) is 10.8 Å². The van der Waals surface area contributed by atoms with Crippen molar-refractivity contribution in [2.24, 2.45) is 0 Å². The van der Waals surface area contributed by atoms with E-state index in [2.05, 4.69) is 20.5 Å². The molecule has 0 atom stereocenters. The van der Waals surface area contributed by atoms with Crippen LogP contribution in [0, 0.1) is 19.7 Å². The Bertz CT molecular complexity index is 846. The van der Waals surface area contributed by atoms with E-state index in [9.17, 15) is 9.18 Å². The highest BCUT2D eigenvalue weighted by Crippen LogP contribution is 2.20. The normalized spacial score (nSPS) is 10.8. The van der Waals surface area contributed by atoms with Crippen LogP contribution in [0.25, 0.3) is 10.9 Å². The molecule has 3 rings (SSSR count). The second kappa shape index (κ2) is 5.17. The molecule has 21 heavy (non-hydrogen) atoms. The van der Waals surface area contributed by atoms with E-state index >= 15 is 0 Å². The van der Waals surface area contributed by atoms with Gasteiger partial charge >= 0.3 is 0 Å². The molecule has 0 aliphatic heterocycles. The summed E-state index contributed by atoms with van der Waals surface area (Å²) in [5, 5.41) is 12.3. The van der Waals surface area contributed by atoms with Crippen LogP contribution in [0.1, 0.15) is 21.1 Å². The largest absolute Gasteiger partial charge is 0.296 e. The summed E-state index contributed by atoms with van der Waals surface area (Å²) in [6.45, 7) is 3.52. The van der Waals surface area contributed by atoms with E-state index in [0.29, 0.717) is 27.3 Å². The van der Waals surface area contributed by atoms with Gasteiger partial charge in [0.15, 0.2) is 0 Å². The third kappa shape index (κ3) is 2.73. The second-order valence-electron chi connectivity index (χ2n) is 4.54. The summed E-state index contributed by atoms with van der Waals surface area (Å²) >= 11 is 1.30. The third-order valence-corrected chi connectivity index (χ3v) is 3.72. The van der Waals surface area contributed by atoms with E-state index in [4.69, 9.17) is 0 Å². The number of nitrogens with zero attached hydrogens (tertiary/aromatic N) is 3. The zero-order valence-electron chi connectivity index (χ0n) is 11.3. The number of aromatic nitrogens is 3. The van der Waals surface area contributed by atoms with Crippen LogP contribution in [0.4, 0.5) is 9.52 Å². The molecule has 2 aromatic heterocycles. The van der Waals surface area contributed by atoms with Crippen molar-refractivity contribution in [1.82, 2.24) is 15.2 Å². The van der Waals surface area contributed by atoms with E-state index in [0.717, 1.165) is 5.01 Å². The maximum absolute atomic E-state index is 13.2. The average molecular weight is 302 g/mol. The molecule has 1 aromatic carbocycles. The summed E-state index contributed by atoms with van der Waals surface area (Å²) in [4.78, 5) is 16.5. The van der Waals surface area contributed by atoms with Crippen LogP contribution in [0.15, 0.2) is 24.3 Å². The first-order valence-electron chi connectivity index (χ1n) is 6.21. The van der Waals surface area contributed by atoms with Crippen LogP contribution in [0.2, 0.25) is 0 Å². The van der Waals surface area contributed by atoms with Gasteiger partial charge in [-0.05, 0) is 32.0 Å². The number of hydrogen-bond acceptors (Lipinski definition) is 5. The molecule has 1 amide bonds. The molecular formula is C14H11FN4OS. The van der Waals surface area contributed by atoms with Crippen LogP contribution in [-0.2, 0) is 0 Å². The van der Waals surface area contributed by atoms with Gasteiger partial charge < -0.3 is 0 Å². The lowest BCUT2D eigenvalue weighted by Gasteiger charge is -2.07. The Kier molecular flexibility index (Phi) is 3.34. The lowest BCUT2D eigenvalue weighted by molar-refractivity contribution is 0.102. The minimum atomic E-state index is -0.351. The number of nitrogens with one attached hydrogen (secondary N) is 1. The Morgan fingerprint density at radius 3 is 2.76 bits per heavy atom. The minimum absolute atomic E-state index is 0.303. The molecule has 106 valence electrons. The number of carbonyl (C=O) groups is 1. The van der Waals surface area contributed by atoms with Crippen molar-refractivity contribution >= 4 is 33.3 Å². The molecule has 0 aliphatic carbocycles. The highest BCUT2D eigenvalue weighted by atomic mass is 32.1. The third-order valence-electron chi connectivity index (χ3n) is 2.96. The first kappa shape index (κ1) is 13.6. The van der Waals surface area contributed by atoms with Gasteiger partial charge in [-0.15, -0.1) is 10.2 Å². The standard InChI is InChI=1S/C14H11FN4OS/c1-7-11(13(20)17-14-19-18-8(2)21-14)5-9-3-4-10(15)6-12(9)16-7/h3-6H,1-2H3,(H,17,19,20). The number of benzene rings is 1. The average Bonchev–Trinajstić information content (AvgIpc) is 2.83. The van der Waals surface area contributed by atoms with E-state index in [-0.39, 0.29) is 11.7 Å². The SMILES string of the molecule is Cc1nnc(NC(=O)c2cc3ccc(F)cc3nc2C)s1. The van der Waals surface area contributed by atoms with Crippen LogP contribution in [0.5, 0.6) is 0 Å². The Morgan fingerprint density at radius 2 is 2.05 bits per heavy atom. The molecular weight excluding hydrogens is 291 g/mol.